The number of H-pyrrole nitrogens is 1. The van der Waals surface area contributed by atoms with Gasteiger partial charge in [-0.25, -0.2) is 4.98 Å². The van der Waals surface area contributed by atoms with Crippen LogP contribution in [0, 0.1) is 6.92 Å². The van der Waals surface area contributed by atoms with Crippen molar-refractivity contribution in [1.82, 2.24) is 19.8 Å². The Morgan fingerprint density at radius 3 is 3.04 bits per heavy atom. The van der Waals surface area contributed by atoms with E-state index in [1.54, 1.807) is 0 Å². The highest BCUT2D eigenvalue weighted by Gasteiger charge is 2.44. The molecule has 0 saturated carbocycles. The van der Waals surface area contributed by atoms with Crippen LogP contribution in [0.15, 0.2) is 18.2 Å². The number of piperidine rings is 2. The predicted octanol–water partition coefficient (Wildman–Crippen LogP) is 2.68. The summed E-state index contributed by atoms with van der Waals surface area (Å²) in [6, 6.07) is 6.63. The summed E-state index contributed by atoms with van der Waals surface area (Å²) >= 11 is 0. The van der Waals surface area contributed by atoms with Crippen molar-refractivity contribution in [1.29, 1.82) is 0 Å². The Kier molecular flexibility index (Phi) is 4.56. The van der Waals surface area contributed by atoms with E-state index < -0.39 is 5.60 Å². The summed E-state index contributed by atoms with van der Waals surface area (Å²) in [5.74, 6) is 0.975. The van der Waals surface area contributed by atoms with E-state index in [-0.39, 0.29) is 0 Å². The predicted molar refractivity (Wildman–Crippen MR) is 101 cm³/mol. The smallest absolute Gasteiger partial charge is 0.121 e. The summed E-state index contributed by atoms with van der Waals surface area (Å²) in [4.78, 5) is 12.9. The van der Waals surface area contributed by atoms with Gasteiger partial charge in [-0.3, -0.25) is 9.80 Å². The number of hydrogen-bond donors (Lipinski definition) is 2. The topological polar surface area (TPSA) is 55.4 Å². The Bertz CT molecular complexity index is 740. The molecule has 2 aliphatic heterocycles. The largest absolute Gasteiger partial charge is 0.387 e. The standard InChI is InChI=1S/C20H30N4O/c1-15-7-8-16-17(12-15)22-19(21-16)13-23(2)14-20(25)9-5-11-24-10-4-3-6-18(20)24/h7-8,12,18,25H,3-6,9-11,13-14H2,1-2H3,(H,21,22)/t18-,20-/m1/s1. The molecule has 1 aromatic heterocycles. The zero-order valence-corrected chi connectivity index (χ0v) is 15.5. The second-order valence-corrected chi connectivity index (χ2v) is 8.13. The van der Waals surface area contributed by atoms with Crippen molar-refractivity contribution in [2.75, 3.05) is 26.7 Å². The van der Waals surface area contributed by atoms with E-state index in [0.29, 0.717) is 12.6 Å². The van der Waals surface area contributed by atoms with Gasteiger partial charge in [0, 0.05) is 12.6 Å². The van der Waals surface area contributed by atoms with E-state index >= 15 is 0 Å². The van der Waals surface area contributed by atoms with Crippen LogP contribution in [0.1, 0.15) is 43.5 Å². The fraction of sp³-hybridized carbons (Fsp3) is 0.650. The lowest BCUT2D eigenvalue weighted by Gasteiger charge is -2.50. The minimum Gasteiger partial charge on any atom is -0.387 e. The maximum Gasteiger partial charge on any atom is 0.121 e. The summed E-state index contributed by atoms with van der Waals surface area (Å²) in [6.07, 6.45) is 5.67. The summed E-state index contributed by atoms with van der Waals surface area (Å²) in [7, 11) is 2.10. The van der Waals surface area contributed by atoms with Gasteiger partial charge in [0.25, 0.3) is 0 Å². The van der Waals surface area contributed by atoms with Crippen molar-refractivity contribution >= 4 is 11.0 Å². The lowest BCUT2D eigenvalue weighted by atomic mass is 9.79. The number of rotatable bonds is 4. The minimum absolute atomic E-state index is 0.329. The highest BCUT2D eigenvalue weighted by Crippen LogP contribution is 2.34. The molecule has 0 radical (unpaired) electrons. The maximum atomic E-state index is 11.4. The van der Waals surface area contributed by atoms with Crippen molar-refractivity contribution in [3.8, 4) is 0 Å². The molecular weight excluding hydrogens is 312 g/mol. The average Bonchev–Trinajstić information content (AvgIpc) is 2.96. The fourth-order valence-corrected chi connectivity index (χ4v) is 4.84. The Morgan fingerprint density at radius 1 is 1.32 bits per heavy atom. The molecule has 5 nitrogen and oxygen atoms in total. The van der Waals surface area contributed by atoms with E-state index in [0.717, 1.165) is 55.8 Å². The van der Waals surface area contributed by atoms with Gasteiger partial charge in [-0.1, -0.05) is 12.5 Å². The van der Waals surface area contributed by atoms with Gasteiger partial charge in [0.1, 0.15) is 5.82 Å². The third-order valence-corrected chi connectivity index (χ3v) is 5.94. The number of nitrogens with zero attached hydrogens (tertiary/aromatic N) is 3. The molecule has 2 aliphatic rings. The molecule has 5 heteroatoms. The van der Waals surface area contributed by atoms with Crippen molar-refractivity contribution in [3.63, 3.8) is 0 Å². The van der Waals surface area contributed by atoms with Crippen molar-refractivity contribution in [3.05, 3.63) is 29.6 Å². The first kappa shape index (κ1) is 17.0. The summed E-state index contributed by atoms with van der Waals surface area (Å²) in [6.45, 7) is 5.85. The second kappa shape index (κ2) is 6.71. The molecule has 2 fully saturated rings. The number of nitrogens with one attached hydrogen (secondary N) is 1. The molecule has 2 saturated heterocycles. The van der Waals surface area contributed by atoms with E-state index in [1.807, 2.05) is 0 Å². The van der Waals surface area contributed by atoms with Crippen LogP contribution in [0.5, 0.6) is 0 Å². The molecule has 0 bridgehead atoms. The van der Waals surface area contributed by atoms with Gasteiger partial charge >= 0.3 is 0 Å². The Hall–Kier alpha value is -1.43. The molecule has 1 aromatic carbocycles. The first-order valence-electron chi connectivity index (χ1n) is 9.64. The Labute approximate surface area is 150 Å². The van der Waals surface area contributed by atoms with Crippen LogP contribution < -0.4 is 0 Å². The van der Waals surface area contributed by atoms with Gasteiger partial charge in [-0.05, 0) is 70.4 Å². The molecule has 3 heterocycles. The highest BCUT2D eigenvalue weighted by molar-refractivity contribution is 5.75. The molecule has 0 unspecified atom stereocenters. The van der Waals surface area contributed by atoms with Crippen molar-refractivity contribution < 1.29 is 5.11 Å². The first-order chi connectivity index (χ1) is 12.0. The number of hydrogen-bond acceptors (Lipinski definition) is 4. The van der Waals surface area contributed by atoms with Gasteiger partial charge in [-0.2, -0.15) is 0 Å². The minimum atomic E-state index is -0.587. The number of aromatic nitrogens is 2. The summed E-state index contributed by atoms with van der Waals surface area (Å²) < 4.78 is 0. The second-order valence-electron chi connectivity index (χ2n) is 8.13. The van der Waals surface area contributed by atoms with Gasteiger partial charge in [0.05, 0.1) is 23.2 Å². The molecule has 25 heavy (non-hydrogen) atoms. The molecule has 0 amide bonds. The molecular formula is C20H30N4O. The molecule has 136 valence electrons. The van der Waals surface area contributed by atoms with Gasteiger partial charge in [0.2, 0.25) is 0 Å². The van der Waals surface area contributed by atoms with E-state index in [1.165, 1.54) is 18.4 Å². The number of fused-ring (bicyclic) bond motifs is 2. The van der Waals surface area contributed by atoms with Gasteiger partial charge < -0.3 is 10.1 Å². The SMILES string of the molecule is Cc1ccc2nc(CN(C)C[C@]3(O)CCCN4CCCC[C@@H]43)[nH]c2c1. The van der Waals surface area contributed by atoms with Crippen LogP contribution in [-0.4, -0.2) is 63.2 Å². The van der Waals surface area contributed by atoms with Crippen molar-refractivity contribution in [2.24, 2.45) is 0 Å². The van der Waals surface area contributed by atoms with Crippen LogP contribution in [0.3, 0.4) is 0 Å². The Morgan fingerprint density at radius 2 is 2.16 bits per heavy atom. The lowest BCUT2D eigenvalue weighted by molar-refractivity contribution is -0.107. The van der Waals surface area contributed by atoms with Crippen molar-refractivity contribution in [2.45, 2.75) is 57.2 Å². The fourth-order valence-electron chi connectivity index (χ4n) is 4.84. The first-order valence-corrected chi connectivity index (χ1v) is 9.64. The summed E-state index contributed by atoms with van der Waals surface area (Å²) in [5, 5.41) is 11.4. The molecule has 2 aromatic rings. The van der Waals surface area contributed by atoms with E-state index in [2.05, 4.69) is 47.0 Å². The monoisotopic (exact) mass is 342 g/mol. The number of aromatic amines is 1. The van der Waals surface area contributed by atoms with Crippen LogP contribution in [0.4, 0.5) is 0 Å². The highest BCUT2D eigenvalue weighted by atomic mass is 16.3. The van der Waals surface area contributed by atoms with E-state index in [4.69, 9.17) is 4.98 Å². The maximum absolute atomic E-state index is 11.4. The third-order valence-electron chi connectivity index (χ3n) is 5.94. The number of imidazole rings is 1. The van der Waals surface area contributed by atoms with Crippen LogP contribution >= 0.6 is 0 Å². The number of benzene rings is 1. The zero-order chi connectivity index (χ0) is 17.4. The lowest BCUT2D eigenvalue weighted by Crippen LogP contribution is -2.62. The van der Waals surface area contributed by atoms with Crippen LogP contribution in [0.25, 0.3) is 11.0 Å². The van der Waals surface area contributed by atoms with E-state index in [9.17, 15) is 5.11 Å². The average molecular weight is 342 g/mol. The zero-order valence-electron chi connectivity index (χ0n) is 15.5. The molecule has 0 aliphatic carbocycles. The normalized spacial score (nSPS) is 27.8. The summed E-state index contributed by atoms with van der Waals surface area (Å²) in [5.41, 5.74) is 2.77. The molecule has 4 rings (SSSR count). The molecule has 2 N–H and O–H groups in total. The van der Waals surface area contributed by atoms with Gasteiger partial charge in [0.15, 0.2) is 0 Å². The van der Waals surface area contributed by atoms with Crippen LogP contribution in [0.2, 0.25) is 0 Å². The Balaban J connectivity index is 1.45. The molecule has 0 spiro atoms. The van der Waals surface area contributed by atoms with Crippen LogP contribution in [-0.2, 0) is 6.54 Å². The van der Waals surface area contributed by atoms with Gasteiger partial charge in [-0.15, -0.1) is 0 Å². The quantitative estimate of drug-likeness (QED) is 0.897. The molecule has 2 atom stereocenters. The third kappa shape index (κ3) is 3.46. The number of aliphatic hydroxyl groups is 1. The number of aryl methyl sites for hydroxylation is 1. The number of likely N-dealkylation sites (N-methyl/N-ethyl adjacent to an activating group) is 1.